The summed E-state index contributed by atoms with van der Waals surface area (Å²) in [4.78, 5) is 7.56. The van der Waals surface area contributed by atoms with Gasteiger partial charge in [0.2, 0.25) is 5.95 Å². The van der Waals surface area contributed by atoms with Gasteiger partial charge in [-0.15, -0.1) is 0 Å². The number of ether oxygens (including phenoxy) is 1. The molecule has 0 fully saturated rings. The molecule has 0 amide bonds. The first-order chi connectivity index (χ1) is 9.03. The van der Waals surface area contributed by atoms with Crippen LogP contribution in [0.5, 0.6) is 5.75 Å². The number of benzene rings is 1. The second-order valence-electron chi connectivity index (χ2n) is 3.59. The Morgan fingerprint density at radius 2 is 1.95 bits per heavy atom. The molecule has 0 aliphatic rings. The molecule has 1 aromatic carbocycles. The molecule has 0 radical (unpaired) electrons. The molecule has 2 rings (SSSR count). The zero-order valence-corrected chi connectivity index (χ0v) is 10.9. The normalized spacial score (nSPS) is 11.0. The van der Waals surface area contributed by atoms with Crippen LogP contribution in [0.1, 0.15) is 0 Å². The van der Waals surface area contributed by atoms with Crippen LogP contribution in [0.15, 0.2) is 41.6 Å². The largest absolute Gasteiger partial charge is 0.495 e. The second-order valence-corrected chi connectivity index (χ2v) is 5.24. The van der Waals surface area contributed by atoms with E-state index in [1.165, 1.54) is 37.7 Å². The van der Waals surface area contributed by atoms with Crippen LogP contribution in [0.4, 0.5) is 11.6 Å². The Hall–Kier alpha value is -2.35. The number of rotatable bonds is 4. The minimum atomic E-state index is -3.83. The fraction of sp³-hybridized carbons (Fsp3) is 0.0909. The molecule has 0 aliphatic heterocycles. The molecular weight excluding hydrogens is 268 g/mol. The Labute approximate surface area is 110 Å². The lowest BCUT2D eigenvalue weighted by atomic mass is 10.3. The van der Waals surface area contributed by atoms with Crippen molar-refractivity contribution in [3.8, 4) is 5.75 Å². The maximum absolute atomic E-state index is 12.2. The topological polar surface area (TPSA) is 107 Å². The van der Waals surface area contributed by atoms with Crippen molar-refractivity contribution in [3.63, 3.8) is 0 Å². The minimum absolute atomic E-state index is 0.0126. The second kappa shape index (κ2) is 5.11. The average Bonchev–Trinajstić information content (AvgIpc) is 2.38. The minimum Gasteiger partial charge on any atom is -0.495 e. The van der Waals surface area contributed by atoms with Gasteiger partial charge in [0, 0.05) is 24.1 Å². The van der Waals surface area contributed by atoms with Gasteiger partial charge in [0.05, 0.1) is 7.11 Å². The van der Waals surface area contributed by atoms with Gasteiger partial charge in [0.1, 0.15) is 10.6 Å². The van der Waals surface area contributed by atoms with Crippen molar-refractivity contribution in [2.45, 2.75) is 4.90 Å². The fourth-order valence-electron chi connectivity index (χ4n) is 1.43. The highest BCUT2D eigenvalue weighted by molar-refractivity contribution is 7.92. The summed E-state index contributed by atoms with van der Waals surface area (Å²) in [6.07, 6.45) is 2.87. The Kier molecular flexibility index (Phi) is 3.52. The number of anilines is 2. The maximum atomic E-state index is 12.2. The van der Waals surface area contributed by atoms with Crippen molar-refractivity contribution < 1.29 is 13.2 Å². The summed E-state index contributed by atoms with van der Waals surface area (Å²) in [6, 6.07) is 5.85. The lowest BCUT2D eigenvalue weighted by Crippen LogP contribution is -2.15. The van der Waals surface area contributed by atoms with Crippen LogP contribution < -0.4 is 15.2 Å². The summed E-state index contributed by atoms with van der Waals surface area (Å²) in [5, 5.41) is 0. The number of nitrogens with zero attached hydrogens (tertiary/aromatic N) is 2. The average molecular weight is 280 g/mol. The van der Waals surface area contributed by atoms with Crippen LogP contribution in [-0.4, -0.2) is 25.5 Å². The van der Waals surface area contributed by atoms with Crippen LogP contribution >= 0.6 is 0 Å². The van der Waals surface area contributed by atoms with Crippen LogP contribution in [0.2, 0.25) is 0 Å². The zero-order chi connectivity index (χ0) is 13.9. The van der Waals surface area contributed by atoms with Crippen molar-refractivity contribution in [2.24, 2.45) is 0 Å². The number of nitrogen functional groups attached to an aromatic ring is 1. The lowest BCUT2D eigenvalue weighted by Gasteiger charge is -2.10. The van der Waals surface area contributed by atoms with E-state index < -0.39 is 10.0 Å². The molecule has 3 N–H and O–H groups in total. The van der Waals surface area contributed by atoms with Gasteiger partial charge >= 0.3 is 0 Å². The van der Waals surface area contributed by atoms with Gasteiger partial charge in [-0.25, -0.2) is 23.1 Å². The number of sulfonamides is 1. The fourth-order valence-corrected chi connectivity index (χ4v) is 2.54. The van der Waals surface area contributed by atoms with E-state index >= 15 is 0 Å². The van der Waals surface area contributed by atoms with E-state index in [-0.39, 0.29) is 16.6 Å². The Balaban J connectivity index is 2.40. The van der Waals surface area contributed by atoms with Crippen molar-refractivity contribution in [2.75, 3.05) is 17.6 Å². The SMILES string of the molecule is COc1cc(N)ccc1S(=O)(=O)Nc1ncccn1. The Bertz CT molecular complexity index is 674. The molecular formula is C11H12N4O3S. The van der Waals surface area contributed by atoms with E-state index in [4.69, 9.17) is 10.5 Å². The molecule has 0 unspecified atom stereocenters. The predicted octanol–water partition coefficient (Wildman–Crippen LogP) is 0.868. The smallest absolute Gasteiger partial charge is 0.267 e. The summed E-state index contributed by atoms with van der Waals surface area (Å²) < 4.78 is 31.6. The standard InChI is InChI=1S/C11H12N4O3S/c1-18-9-7-8(12)3-4-10(9)19(16,17)15-11-13-5-2-6-14-11/h2-7H,12H2,1H3,(H,13,14,15). The van der Waals surface area contributed by atoms with Crippen molar-refractivity contribution in [1.29, 1.82) is 0 Å². The van der Waals surface area contributed by atoms with Crippen LogP contribution in [0, 0.1) is 0 Å². The lowest BCUT2D eigenvalue weighted by molar-refractivity contribution is 0.403. The molecule has 7 nitrogen and oxygen atoms in total. The highest BCUT2D eigenvalue weighted by atomic mass is 32.2. The molecule has 2 aromatic rings. The summed E-state index contributed by atoms with van der Waals surface area (Å²) in [6.45, 7) is 0. The molecule has 100 valence electrons. The number of hydrogen-bond acceptors (Lipinski definition) is 6. The third kappa shape index (κ3) is 2.91. The van der Waals surface area contributed by atoms with Gasteiger partial charge in [0.25, 0.3) is 10.0 Å². The summed E-state index contributed by atoms with van der Waals surface area (Å²) in [5.41, 5.74) is 5.99. The molecule has 8 heteroatoms. The number of hydrogen-bond donors (Lipinski definition) is 2. The third-order valence-corrected chi connectivity index (χ3v) is 3.64. The Morgan fingerprint density at radius 1 is 1.26 bits per heavy atom. The number of methoxy groups -OCH3 is 1. The molecule has 0 saturated carbocycles. The molecule has 0 bridgehead atoms. The molecule has 0 aliphatic carbocycles. The first-order valence-electron chi connectivity index (χ1n) is 5.26. The monoisotopic (exact) mass is 280 g/mol. The molecule has 0 atom stereocenters. The predicted molar refractivity (Wildman–Crippen MR) is 70.2 cm³/mol. The van der Waals surface area contributed by atoms with E-state index in [1.54, 1.807) is 6.07 Å². The third-order valence-electron chi connectivity index (χ3n) is 2.27. The van der Waals surface area contributed by atoms with E-state index in [2.05, 4.69) is 14.7 Å². The van der Waals surface area contributed by atoms with E-state index in [0.717, 1.165) is 0 Å². The van der Waals surface area contributed by atoms with Gasteiger partial charge in [-0.05, 0) is 18.2 Å². The summed E-state index contributed by atoms with van der Waals surface area (Å²) in [5.74, 6) is 0.143. The molecule has 19 heavy (non-hydrogen) atoms. The molecule has 0 saturated heterocycles. The number of nitrogens with one attached hydrogen (secondary N) is 1. The summed E-state index contributed by atoms with van der Waals surface area (Å²) >= 11 is 0. The van der Waals surface area contributed by atoms with Gasteiger partial charge in [-0.3, -0.25) is 0 Å². The zero-order valence-electron chi connectivity index (χ0n) is 10.1. The molecule has 1 heterocycles. The van der Waals surface area contributed by atoms with Crippen LogP contribution in [-0.2, 0) is 10.0 Å². The van der Waals surface area contributed by atoms with E-state index in [9.17, 15) is 8.42 Å². The Morgan fingerprint density at radius 3 is 2.58 bits per heavy atom. The highest BCUT2D eigenvalue weighted by Gasteiger charge is 2.20. The van der Waals surface area contributed by atoms with Crippen molar-refractivity contribution in [3.05, 3.63) is 36.7 Å². The summed E-state index contributed by atoms with van der Waals surface area (Å²) in [7, 11) is -2.46. The van der Waals surface area contributed by atoms with E-state index in [0.29, 0.717) is 5.69 Å². The molecule has 1 aromatic heterocycles. The van der Waals surface area contributed by atoms with Gasteiger partial charge in [-0.1, -0.05) is 0 Å². The first kappa shape index (κ1) is 13.1. The van der Waals surface area contributed by atoms with Crippen molar-refractivity contribution in [1.82, 2.24) is 9.97 Å². The van der Waals surface area contributed by atoms with Crippen LogP contribution in [0.25, 0.3) is 0 Å². The van der Waals surface area contributed by atoms with Gasteiger partial charge in [0.15, 0.2) is 0 Å². The number of nitrogens with two attached hydrogens (primary N) is 1. The highest BCUT2D eigenvalue weighted by Crippen LogP contribution is 2.26. The van der Waals surface area contributed by atoms with Crippen LogP contribution in [0.3, 0.4) is 0 Å². The number of aromatic nitrogens is 2. The van der Waals surface area contributed by atoms with Gasteiger partial charge < -0.3 is 10.5 Å². The van der Waals surface area contributed by atoms with Gasteiger partial charge in [-0.2, -0.15) is 0 Å². The molecule has 0 spiro atoms. The quantitative estimate of drug-likeness (QED) is 0.805. The maximum Gasteiger partial charge on any atom is 0.267 e. The van der Waals surface area contributed by atoms with Crippen molar-refractivity contribution >= 4 is 21.7 Å². The van der Waals surface area contributed by atoms with E-state index in [1.807, 2.05) is 0 Å². The first-order valence-corrected chi connectivity index (χ1v) is 6.74.